The molecule has 2 N–H and O–H groups in total. The number of anilines is 1. The van der Waals surface area contributed by atoms with Crippen LogP contribution in [-0.2, 0) is 4.79 Å². The lowest BCUT2D eigenvalue weighted by molar-refractivity contribution is -0.118. The van der Waals surface area contributed by atoms with Crippen LogP contribution in [0.2, 0.25) is 0 Å². The van der Waals surface area contributed by atoms with Crippen LogP contribution in [0.5, 0.6) is 5.75 Å². The van der Waals surface area contributed by atoms with Crippen LogP contribution < -0.4 is 15.0 Å². The van der Waals surface area contributed by atoms with Crippen LogP contribution in [0.3, 0.4) is 0 Å². The van der Waals surface area contributed by atoms with Gasteiger partial charge in [-0.2, -0.15) is 0 Å². The number of benzene rings is 1. The van der Waals surface area contributed by atoms with Crippen molar-refractivity contribution in [1.29, 1.82) is 0 Å². The molecule has 1 heterocycles. The first-order valence-corrected chi connectivity index (χ1v) is 9.38. The predicted molar refractivity (Wildman–Crippen MR) is 95.4 cm³/mol. The molecule has 0 unspecified atom stereocenters. The molecule has 0 saturated carbocycles. The van der Waals surface area contributed by atoms with Gasteiger partial charge in [0.25, 0.3) is 0 Å². The van der Waals surface area contributed by atoms with Gasteiger partial charge in [0.05, 0.1) is 19.0 Å². The fourth-order valence-corrected chi connectivity index (χ4v) is 3.08. The minimum Gasteiger partial charge on any atom is -0.493 e. The van der Waals surface area contributed by atoms with E-state index in [4.69, 9.17) is 9.84 Å². The molecule has 1 aliphatic heterocycles. The molecule has 1 aliphatic rings. The second kappa shape index (κ2) is 10.4. The van der Waals surface area contributed by atoms with Crippen LogP contribution in [0.15, 0.2) is 24.3 Å². The van der Waals surface area contributed by atoms with Crippen molar-refractivity contribution < 1.29 is 14.6 Å². The Morgan fingerprint density at radius 2 is 2.17 bits per heavy atom. The molecule has 0 atom stereocenters. The van der Waals surface area contributed by atoms with Crippen LogP contribution in [0.25, 0.3) is 0 Å². The van der Waals surface area contributed by atoms with E-state index in [0.717, 1.165) is 25.3 Å². The second-order valence-corrected chi connectivity index (χ2v) is 6.62. The third-order valence-corrected chi connectivity index (χ3v) is 4.61. The SMILES string of the molecule is O=C(CSCCO)NCCCOc1cccc(N2CCCC2)c1. The standard InChI is InChI=1S/C17H26N2O3S/c20-10-12-23-14-17(21)18-7-4-11-22-16-6-3-5-15(13-16)19-8-1-2-9-19/h3,5-6,13,20H,1-2,4,7-12,14H2,(H,18,21). The summed E-state index contributed by atoms with van der Waals surface area (Å²) in [7, 11) is 0. The molecule has 0 aliphatic carbocycles. The first-order valence-electron chi connectivity index (χ1n) is 8.23. The Balaban J connectivity index is 1.61. The number of ether oxygens (including phenoxy) is 1. The Hall–Kier alpha value is -1.40. The molecular formula is C17H26N2O3S. The van der Waals surface area contributed by atoms with Crippen molar-refractivity contribution in [3.63, 3.8) is 0 Å². The van der Waals surface area contributed by atoms with Crippen molar-refractivity contribution in [2.75, 3.05) is 49.3 Å². The van der Waals surface area contributed by atoms with E-state index in [1.165, 1.54) is 30.3 Å². The summed E-state index contributed by atoms with van der Waals surface area (Å²) >= 11 is 1.44. The lowest BCUT2D eigenvalue weighted by atomic mass is 10.3. The Labute approximate surface area is 142 Å². The molecule has 6 heteroatoms. The summed E-state index contributed by atoms with van der Waals surface area (Å²) in [5.41, 5.74) is 1.23. The van der Waals surface area contributed by atoms with Crippen molar-refractivity contribution in [2.24, 2.45) is 0 Å². The number of aliphatic hydroxyl groups is 1. The van der Waals surface area contributed by atoms with E-state index in [1.807, 2.05) is 12.1 Å². The van der Waals surface area contributed by atoms with Gasteiger partial charge >= 0.3 is 0 Å². The maximum atomic E-state index is 11.5. The fourth-order valence-electron chi connectivity index (χ4n) is 2.52. The Morgan fingerprint density at radius 1 is 1.35 bits per heavy atom. The fraction of sp³-hybridized carbons (Fsp3) is 0.588. The summed E-state index contributed by atoms with van der Waals surface area (Å²) in [6.07, 6.45) is 3.31. The summed E-state index contributed by atoms with van der Waals surface area (Å²) < 4.78 is 5.77. The van der Waals surface area contributed by atoms with Crippen LogP contribution in [0, 0.1) is 0 Å². The first-order chi connectivity index (χ1) is 11.3. The third kappa shape index (κ3) is 6.71. The van der Waals surface area contributed by atoms with Gasteiger partial charge in [0.15, 0.2) is 0 Å². The predicted octanol–water partition coefficient (Wildman–Crippen LogP) is 1.90. The van der Waals surface area contributed by atoms with Gasteiger partial charge in [-0.25, -0.2) is 0 Å². The van der Waals surface area contributed by atoms with E-state index >= 15 is 0 Å². The smallest absolute Gasteiger partial charge is 0.229 e. The number of hydrogen-bond donors (Lipinski definition) is 2. The van der Waals surface area contributed by atoms with Gasteiger partial charge in [-0.3, -0.25) is 4.79 Å². The van der Waals surface area contributed by atoms with Gasteiger partial charge in [-0.1, -0.05) is 6.07 Å². The molecule has 128 valence electrons. The van der Waals surface area contributed by atoms with Gasteiger partial charge in [0.2, 0.25) is 5.91 Å². The molecule has 0 radical (unpaired) electrons. The van der Waals surface area contributed by atoms with Crippen LogP contribution in [0.4, 0.5) is 5.69 Å². The lowest BCUT2D eigenvalue weighted by Gasteiger charge is -2.18. The highest BCUT2D eigenvalue weighted by atomic mass is 32.2. The van der Waals surface area contributed by atoms with Crippen molar-refractivity contribution in [2.45, 2.75) is 19.3 Å². The molecule has 5 nitrogen and oxygen atoms in total. The van der Waals surface area contributed by atoms with Crippen LogP contribution >= 0.6 is 11.8 Å². The number of aliphatic hydroxyl groups excluding tert-OH is 1. The van der Waals surface area contributed by atoms with Gasteiger partial charge in [-0.05, 0) is 31.4 Å². The summed E-state index contributed by atoms with van der Waals surface area (Å²) in [6.45, 7) is 3.58. The third-order valence-electron chi connectivity index (χ3n) is 3.67. The monoisotopic (exact) mass is 338 g/mol. The number of rotatable bonds is 10. The number of carbonyl (C=O) groups is 1. The Morgan fingerprint density at radius 3 is 2.96 bits per heavy atom. The summed E-state index contributed by atoms with van der Waals surface area (Å²) in [4.78, 5) is 13.9. The molecule has 0 aromatic heterocycles. The van der Waals surface area contributed by atoms with Gasteiger partial charge in [0, 0.05) is 37.1 Å². The second-order valence-electron chi connectivity index (χ2n) is 5.52. The highest BCUT2D eigenvalue weighted by Crippen LogP contribution is 2.24. The van der Waals surface area contributed by atoms with Crippen molar-refractivity contribution in [1.82, 2.24) is 5.32 Å². The normalized spacial score (nSPS) is 14.0. The first kappa shape index (κ1) is 17.9. The molecule has 1 aromatic carbocycles. The minimum atomic E-state index is 0.0134. The van der Waals surface area contributed by atoms with E-state index in [2.05, 4.69) is 22.3 Å². The zero-order valence-electron chi connectivity index (χ0n) is 13.5. The highest BCUT2D eigenvalue weighted by Gasteiger charge is 2.12. The molecule has 1 saturated heterocycles. The Bertz CT molecular complexity index is 479. The average Bonchev–Trinajstić information content (AvgIpc) is 3.10. The number of nitrogens with one attached hydrogen (secondary N) is 1. The van der Waals surface area contributed by atoms with Crippen LogP contribution in [-0.4, -0.2) is 55.4 Å². The Kier molecular flexibility index (Phi) is 8.11. The van der Waals surface area contributed by atoms with E-state index in [9.17, 15) is 4.79 Å². The van der Waals surface area contributed by atoms with Gasteiger partial charge in [0.1, 0.15) is 5.75 Å². The number of amides is 1. The van der Waals surface area contributed by atoms with E-state index in [-0.39, 0.29) is 12.5 Å². The van der Waals surface area contributed by atoms with E-state index in [1.54, 1.807) is 0 Å². The molecule has 0 bridgehead atoms. The molecule has 2 rings (SSSR count). The highest BCUT2D eigenvalue weighted by molar-refractivity contribution is 7.99. The molecular weight excluding hydrogens is 312 g/mol. The molecule has 1 fully saturated rings. The number of carbonyl (C=O) groups excluding carboxylic acids is 1. The number of hydrogen-bond acceptors (Lipinski definition) is 5. The minimum absolute atomic E-state index is 0.0134. The average molecular weight is 338 g/mol. The lowest BCUT2D eigenvalue weighted by Crippen LogP contribution is -2.27. The molecule has 23 heavy (non-hydrogen) atoms. The van der Waals surface area contributed by atoms with Crippen molar-refractivity contribution >= 4 is 23.4 Å². The van der Waals surface area contributed by atoms with E-state index < -0.39 is 0 Å². The number of thioether (sulfide) groups is 1. The maximum Gasteiger partial charge on any atom is 0.229 e. The van der Waals surface area contributed by atoms with Gasteiger partial charge < -0.3 is 20.1 Å². The van der Waals surface area contributed by atoms with Crippen molar-refractivity contribution in [3.05, 3.63) is 24.3 Å². The summed E-state index contributed by atoms with van der Waals surface area (Å²) in [5, 5.41) is 11.5. The van der Waals surface area contributed by atoms with Crippen molar-refractivity contribution in [3.8, 4) is 5.75 Å². The summed E-state index contributed by atoms with van der Waals surface area (Å²) in [5.74, 6) is 1.90. The number of nitrogens with zero attached hydrogens (tertiary/aromatic N) is 1. The van der Waals surface area contributed by atoms with Gasteiger partial charge in [-0.15, -0.1) is 11.8 Å². The topological polar surface area (TPSA) is 61.8 Å². The quantitative estimate of drug-likeness (QED) is 0.638. The maximum absolute atomic E-state index is 11.5. The van der Waals surface area contributed by atoms with E-state index in [0.29, 0.717) is 24.7 Å². The summed E-state index contributed by atoms with van der Waals surface area (Å²) in [6, 6.07) is 8.23. The zero-order valence-corrected chi connectivity index (χ0v) is 14.3. The molecule has 1 aromatic rings. The zero-order chi connectivity index (χ0) is 16.3. The molecule has 0 spiro atoms. The largest absolute Gasteiger partial charge is 0.493 e. The molecule has 1 amide bonds. The van der Waals surface area contributed by atoms with Crippen LogP contribution in [0.1, 0.15) is 19.3 Å².